The molecule has 1 amide bonds. The average molecular weight is 283 g/mol. The molecule has 1 aliphatic heterocycles. The van der Waals surface area contributed by atoms with E-state index in [1.807, 2.05) is 30.1 Å². The van der Waals surface area contributed by atoms with Crippen molar-refractivity contribution in [3.8, 4) is 0 Å². The first-order valence-corrected chi connectivity index (χ1v) is 7.50. The number of nitrogens with one attached hydrogen (secondary N) is 1. The molecule has 4 nitrogen and oxygen atoms in total. The van der Waals surface area contributed by atoms with E-state index in [0.717, 1.165) is 36.8 Å². The molecule has 3 rings (SSSR count). The van der Waals surface area contributed by atoms with Gasteiger partial charge in [-0.2, -0.15) is 0 Å². The zero-order valence-corrected chi connectivity index (χ0v) is 12.6. The van der Waals surface area contributed by atoms with Crippen LogP contribution in [0.2, 0.25) is 0 Å². The number of aromatic nitrogens is 1. The molecule has 0 atom stereocenters. The molecule has 1 aromatic heterocycles. The summed E-state index contributed by atoms with van der Waals surface area (Å²) in [4.78, 5) is 18.9. The van der Waals surface area contributed by atoms with E-state index in [9.17, 15) is 4.79 Å². The number of rotatable bonds is 2. The number of pyridine rings is 1. The number of amides is 1. The zero-order valence-electron chi connectivity index (χ0n) is 12.6. The van der Waals surface area contributed by atoms with Crippen molar-refractivity contribution in [1.82, 2.24) is 15.2 Å². The summed E-state index contributed by atoms with van der Waals surface area (Å²) in [5, 5.41) is 4.32. The van der Waals surface area contributed by atoms with Gasteiger partial charge in [0.1, 0.15) is 0 Å². The number of nitrogens with zero attached hydrogens (tertiary/aromatic N) is 2. The van der Waals surface area contributed by atoms with Gasteiger partial charge >= 0.3 is 0 Å². The third-order valence-corrected chi connectivity index (χ3v) is 4.27. The Balaban J connectivity index is 1.81. The van der Waals surface area contributed by atoms with Crippen LogP contribution in [0.15, 0.2) is 30.5 Å². The first kappa shape index (κ1) is 14.0. The highest BCUT2D eigenvalue weighted by atomic mass is 16.2. The SMILES string of the molecule is CNC1CCN(C(=O)c2cnc3ccc(C)cc3c2)CC1. The van der Waals surface area contributed by atoms with E-state index in [-0.39, 0.29) is 5.91 Å². The molecular weight excluding hydrogens is 262 g/mol. The Labute approximate surface area is 125 Å². The molecular formula is C17H21N3O. The van der Waals surface area contributed by atoms with Gasteiger partial charge in [0, 0.05) is 30.7 Å². The second kappa shape index (κ2) is 5.82. The van der Waals surface area contributed by atoms with Crippen molar-refractivity contribution >= 4 is 16.8 Å². The number of hydrogen-bond acceptors (Lipinski definition) is 3. The van der Waals surface area contributed by atoms with Crippen LogP contribution in [0, 0.1) is 6.92 Å². The molecule has 4 heteroatoms. The van der Waals surface area contributed by atoms with E-state index in [0.29, 0.717) is 11.6 Å². The summed E-state index contributed by atoms with van der Waals surface area (Å²) in [7, 11) is 1.98. The standard InChI is InChI=1S/C17H21N3O/c1-12-3-4-16-13(9-12)10-14(11-19-16)17(21)20-7-5-15(18-2)6-8-20/h3-4,9-11,15,18H,5-8H2,1-2H3. The number of benzene rings is 1. The highest BCUT2D eigenvalue weighted by Gasteiger charge is 2.22. The molecule has 2 heterocycles. The average Bonchev–Trinajstić information content (AvgIpc) is 2.53. The van der Waals surface area contributed by atoms with Crippen molar-refractivity contribution in [1.29, 1.82) is 0 Å². The Kier molecular flexibility index (Phi) is 3.88. The van der Waals surface area contributed by atoms with Gasteiger partial charge < -0.3 is 10.2 Å². The van der Waals surface area contributed by atoms with Gasteiger partial charge in [-0.1, -0.05) is 11.6 Å². The monoisotopic (exact) mass is 283 g/mol. The van der Waals surface area contributed by atoms with Gasteiger partial charge in [0.15, 0.2) is 0 Å². The van der Waals surface area contributed by atoms with Crippen LogP contribution in [0.4, 0.5) is 0 Å². The molecule has 0 bridgehead atoms. The Morgan fingerprint density at radius 3 is 2.76 bits per heavy atom. The number of aryl methyl sites for hydroxylation is 1. The van der Waals surface area contributed by atoms with Crippen LogP contribution in [-0.2, 0) is 0 Å². The second-order valence-corrected chi connectivity index (χ2v) is 5.78. The van der Waals surface area contributed by atoms with E-state index in [2.05, 4.69) is 23.3 Å². The molecule has 1 aromatic carbocycles. The highest BCUT2D eigenvalue weighted by Crippen LogP contribution is 2.18. The largest absolute Gasteiger partial charge is 0.338 e. The van der Waals surface area contributed by atoms with E-state index in [1.54, 1.807) is 6.20 Å². The lowest BCUT2D eigenvalue weighted by molar-refractivity contribution is 0.0707. The molecule has 1 fully saturated rings. The molecule has 1 N–H and O–H groups in total. The number of carbonyl (C=O) groups is 1. The van der Waals surface area contributed by atoms with Crippen LogP contribution in [0.25, 0.3) is 10.9 Å². The molecule has 0 saturated carbocycles. The summed E-state index contributed by atoms with van der Waals surface area (Å²) in [6.07, 6.45) is 3.73. The minimum Gasteiger partial charge on any atom is -0.338 e. The van der Waals surface area contributed by atoms with Gasteiger partial charge in [-0.25, -0.2) is 0 Å². The number of hydrogen-bond donors (Lipinski definition) is 1. The van der Waals surface area contributed by atoms with Crippen LogP contribution in [-0.4, -0.2) is 42.0 Å². The van der Waals surface area contributed by atoms with Gasteiger partial charge in [-0.3, -0.25) is 9.78 Å². The van der Waals surface area contributed by atoms with Gasteiger partial charge in [0.25, 0.3) is 5.91 Å². The molecule has 1 saturated heterocycles. The van der Waals surface area contributed by atoms with Crippen molar-refractivity contribution < 1.29 is 4.79 Å². The normalized spacial score (nSPS) is 16.4. The Morgan fingerprint density at radius 2 is 2.05 bits per heavy atom. The van der Waals surface area contributed by atoms with Crippen LogP contribution in [0.3, 0.4) is 0 Å². The Bertz CT molecular complexity index is 660. The predicted octanol–water partition coefficient (Wildman–Crippen LogP) is 2.37. The summed E-state index contributed by atoms with van der Waals surface area (Å²) in [5.74, 6) is 0.0976. The fourth-order valence-corrected chi connectivity index (χ4v) is 2.92. The predicted molar refractivity (Wildman–Crippen MR) is 84.5 cm³/mol. The highest BCUT2D eigenvalue weighted by molar-refractivity contribution is 5.97. The van der Waals surface area contributed by atoms with Crippen molar-refractivity contribution in [2.24, 2.45) is 0 Å². The van der Waals surface area contributed by atoms with Crippen molar-refractivity contribution in [3.05, 3.63) is 41.6 Å². The lowest BCUT2D eigenvalue weighted by atomic mass is 10.0. The number of likely N-dealkylation sites (tertiary alicyclic amines) is 1. The maximum atomic E-state index is 12.6. The molecule has 0 aliphatic carbocycles. The minimum atomic E-state index is 0.0976. The fraction of sp³-hybridized carbons (Fsp3) is 0.412. The minimum absolute atomic E-state index is 0.0976. The van der Waals surface area contributed by atoms with E-state index < -0.39 is 0 Å². The maximum Gasteiger partial charge on any atom is 0.255 e. The summed E-state index contributed by atoms with van der Waals surface area (Å²) in [6, 6.07) is 8.61. The van der Waals surface area contributed by atoms with Crippen LogP contribution < -0.4 is 5.32 Å². The first-order chi connectivity index (χ1) is 10.2. The number of fused-ring (bicyclic) bond motifs is 1. The van der Waals surface area contributed by atoms with Crippen molar-refractivity contribution in [3.63, 3.8) is 0 Å². The lowest BCUT2D eigenvalue weighted by Crippen LogP contribution is -2.43. The van der Waals surface area contributed by atoms with Gasteiger partial charge in [0.2, 0.25) is 0 Å². The molecule has 110 valence electrons. The number of piperidine rings is 1. The van der Waals surface area contributed by atoms with Crippen molar-refractivity contribution in [2.75, 3.05) is 20.1 Å². The maximum absolute atomic E-state index is 12.6. The summed E-state index contributed by atoms with van der Waals surface area (Å²) >= 11 is 0. The third kappa shape index (κ3) is 2.90. The van der Waals surface area contributed by atoms with Gasteiger partial charge in [-0.15, -0.1) is 0 Å². The Hall–Kier alpha value is -1.94. The van der Waals surface area contributed by atoms with Crippen molar-refractivity contribution in [2.45, 2.75) is 25.8 Å². The summed E-state index contributed by atoms with van der Waals surface area (Å²) < 4.78 is 0. The molecule has 0 unspecified atom stereocenters. The first-order valence-electron chi connectivity index (χ1n) is 7.50. The van der Waals surface area contributed by atoms with E-state index in [1.165, 1.54) is 5.56 Å². The van der Waals surface area contributed by atoms with Crippen LogP contribution >= 0.6 is 0 Å². The molecule has 21 heavy (non-hydrogen) atoms. The Morgan fingerprint density at radius 1 is 1.29 bits per heavy atom. The summed E-state index contributed by atoms with van der Waals surface area (Å²) in [6.45, 7) is 3.68. The second-order valence-electron chi connectivity index (χ2n) is 5.78. The lowest BCUT2D eigenvalue weighted by Gasteiger charge is -2.31. The molecule has 1 aliphatic rings. The van der Waals surface area contributed by atoms with Gasteiger partial charge in [-0.05, 0) is 45.0 Å². The summed E-state index contributed by atoms with van der Waals surface area (Å²) in [5.41, 5.74) is 2.81. The quantitative estimate of drug-likeness (QED) is 0.920. The topological polar surface area (TPSA) is 45.2 Å². The van der Waals surface area contributed by atoms with Crippen LogP contribution in [0.5, 0.6) is 0 Å². The van der Waals surface area contributed by atoms with E-state index >= 15 is 0 Å². The smallest absolute Gasteiger partial charge is 0.255 e. The molecule has 2 aromatic rings. The van der Waals surface area contributed by atoms with Gasteiger partial charge in [0.05, 0.1) is 11.1 Å². The fourth-order valence-electron chi connectivity index (χ4n) is 2.92. The zero-order chi connectivity index (χ0) is 14.8. The third-order valence-electron chi connectivity index (χ3n) is 4.27. The van der Waals surface area contributed by atoms with Crippen LogP contribution in [0.1, 0.15) is 28.8 Å². The van der Waals surface area contributed by atoms with E-state index in [4.69, 9.17) is 0 Å². The molecule has 0 radical (unpaired) electrons. The molecule has 0 spiro atoms. The number of carbonyl (C=O) groups excluding carboxylic acids is 1.